The van der Waals surface area contributed by atoms with Crippen molar-refractivity contribution in [3.8, 4) is 11.1 Å². The predicted octanol–water partition coefficient (Wildman–Crippen LogP) is 5.97. The first-order valence-electron chi connectivity index (χ1n) is 10.7. The summed E-state index contributed by atoms with van der Waals surface area (Å²) in [6, 6.07) is 17.6. The van der Waals surface area contributed by atoms with E-state index in [1.807, 2.05) is 37.3 Å². The highest BCUT2D eigenvalue weighted by molar-refractivity contribution is 5.83. The van der Waals surface area contributed by atoms with Gasteiger partial charge in [0.15, 0.2) is 6.10 Å². The number of ether oxygens (including phenoxy) is 1. The number of halogens is 1. The molecule has 31 heavy (non-hydrogen) atoms. The van der Waals surface area contributed by atoms with Gasteiger partial charge in [-0.2, -0.15) is 0 Å². The molecule has 160 valence electrons. The van der Waals surface area contributed by atoms with E-state index in [0.717, 1.165) is 27.8 Å². The first kappa shape index (κ1) is 21.3. The molecule has 1 unspecified atom stereocenters. The molecule has 0 saturated heterocycles. The number of carbonyl (C=O) groups excluding carboxylic acids is 1. The Hall–Kier alpha value is -2.98. The zero-order valence-corrected chi connectivity index (χ0v) is 18.5. The van der Waals surface area contributed by atoms with Crippen LogP contribution in [-0.4, -0.2) is 13.0 Å². The molecule has 0 aromatic heterocycles. The normalized spacial score (nSPS) is 18.3. The van der Waals surface area contributed by atoms with Crippen molar-refractivity contribution in [3.63, 3.8) is 0 Å². The summed E-state index contributed by atoms with van der Waals surface area (Å²) in [5, 5.41) is 3.03. The number of nitrogens with one attached hydrogen (secondary N) is 1. The second-order valence-electron chi connectivity index (χ2n) is 8.31. The molecule has 3 aromatic rings. The zero-order chi connectivity index (χ0) is 22.1. The Kier molecular flexibility index (Phi) is 5.92. The number of carbonyl (C=O) groups is 1. The number of hydrogen-bond acceptors (Lipinski definition) is 2. The number of benzene rings is 3. The maximum atomic E-state index is 15.2. The van der Waals surface area contributed by atoms with E-state index in [1.54, 1.807) is 6.92 Å². The second-order valence-corrected chi connectivity index (χ2v) is 8.31. The first-order valence-corrected chi connectivity index (χ1v) is 10.7. The molecular formula is C27H28FNO2. The Morgan fingerprint density at radius 3 is 2.58 bits per heavy atom. The minimum absolute atomic E-state index is 0.262. The van der Waals surface area contributed by atoms with Gasteiger partial charge < -0.3 is 10.1 Å². The lowest BCUT2D eigenvalue weighted by Crippen LogP contribution is -2.34. The van der Waals surface area contributed by atoms with Crippen LogP contribution in [0.15, 0.2) is 54.6 Å². The lowest BCUT2D eigenvalue weighted by molar-refractivity contribution is -0.132. The summed E-state index contributed by atoms with van der Waals surface area (Å²) in [6.45, 7) is 5.83. The van der Waals surface area contributed by atoms with Crippen molar-refractivity contribution in [2.45, 2.75) is 45.8 Å². The van der Waals surface area contributed by atoms with Gasteiger partial charge in [0.2, 0.25) is 0 Å². The van der Waals surface area contributed by atoms with Gasteiger partial charge in [0, 0.05) is 12.7 Å². The summed E-state index contributed by atoms with van der Waals surface area (Å²) < 4.78 is 20.8. The van der Waals surface area contributed by atoms with E-state index in [-0.39, 0.29) is 11.7 Å². The van der Waals surface area contributed by atoms with Crippen LogP contribution < -0.4 is 5.32 Å². The third-order valence-corrected chi connectivity index (χ3v) is 6.15. The molecule has 4 rings (SSSR count). The smallest absolute Gasteiger partial charge is 0.254 e. The fourth-order valence-electron chi connectivity index (χ4n) is 4.61. The van der Waals surface area contributed by atoms with Gasteiger partial charge in [-0.05, 0) is 77.8 Å². The van der Waals surface area contributed by atoms with Crippen LogP contribution in [0.1, 0.15) is 58.9 Å². The van der Waals surface area contributed by atoms with Crippen LogP contribution in [0.3, 0.4) is 0 Å². The van der Waals surface area contributed by atoms with Crippen LogP contribution in [0.5, 0.6) is 0 Å². The zero-order valence-electron chi connectivity index (χ0n) is 18.5. The Labute approximate surface area is 183 Å². The lowest BCUT2D eigenvalue weighted by Gasteiger charge is -2.23. The molecule has 4 bridgehead atoms. The van der Waals surface area contributed by atoms with Gasteiger partial charge in [0.25, 0.3) is 5.91 Å². The van der Waals surface area contributed by atoms with Crippen LogP contribution >= 0.6 is 0 Å². The summed E-state index contributed by atoms with van der Waals surface area (Å²) in [7, 11) is 1.53. The Bertz CT molecular complexity index is 1140. The van der Waals surface area contributed by atoms with E-state index in [1.165, 1.54) is 12.7 Å². The van der Waals surface area contributed by atoms with Gasteiger partial charge in [-0.3, -0.25) is 4.79 Å². The van der Waals surface area contributed by atoms with Crippen molar-refractivity contribution in [1.82, 2.24) is 5.32 Å². The minimum atomic E-state index is -0.751. The van der Waals surface area contributed by atoms with Crippen molar-refractivity contribution in [2.75, 3.05) is 7.11 Å². The standard InChI is InChI=1S/C27H28FNO2/c1-5-23-22-15-21(12-17(3)25(22)28)24-16(2)8-6-10-19(24)13-18-9-7-11-20(14-18)26(31-4)27(30)29-23/h6-12,14-15,23,26H,5,13H2,1-4H3,(H,29,30)/t23-,26?/m0/s1. The number of methoxy groups -OCH3 is 1. The Balaban J connectivity index is 2.00. The van der Waals surface area contributed by atoms with Gasteiger partial charge >= 0.3 is 0 Å². The molecule has 1 amide bonds. The highest BCUT2D eigenvalue weighted by Crippen LogP contribution is 2.35. The molecule has 2 atom stereocenters. The molecule has 1 heterocycles. The summed E-state index contributed by atoms with van der Waals surface area (Å²) in [4.78, 5) is 13.1. The van der Waals surface area contributed by atoms with Crippen molar-refractivity contribution < 1.29 is 13.9 Å². The monoisotopic (exact) mass is 417 g/mol. The summed E-state index contributed by atoms with van der Waals surface area (Å²) >= 11 is 0. The molecule has 0 fully saturated rings. The molecule has 1 aliphatic heterocycles. The van der Waals surface area contributed by atoms with Gasteiger partial charge in [-0.25, -0.2) is 4.39 Å². The van der Waals surface area contributed by atoms with Crippen LogP contribution in [0, 0.1) is 19.7 Å². The van der Waals surface area contributed by atoms with Crippen LogP contribution in [-0.2, 0) is 16.0 Å². The molecule has 1 N–H and O–H groups in total. The SMILES string of the molecule is CC[C@@H]1NC(=O)C(OC)c2cccc(c2)Cc2cccc(C)c2-c2cc(C)c(F)c1c2. The number of amides is 1. The summed E-state index contributed by atoms with van der Waals surface area (Å²) in [5.74, 6) is -0.530. The van der Waals surface area contributed by atoms with Gasteiger partial charge in [-0.1, -0.05) is 49.4 Å². The van der Waals surface area contributed by atoms with Crippen molar-refractivity contribution in [3.05, 3.63) is 93.8 Å². The van der Waals surface area contributed by atoms with E-state index in [4.69, 9.17) is 4.74 Å². The average Bonchev–Trinajstić information content (AvgIpc) is 2.75. The number of hydrogen-bond donors (Lipinski definition) is 1. The van der Waals surface area contributed by atoms with Crippen LogP contribution in [0.2, 0.25) is 0 Å². The first-order chi connectivity index (χ1) is 14.9. The third kappa shape index (κ3) is 4.00. The predicted molar refractivity (Wildman–Crippen MR) is 121 cm³/mol. The fourth-order valence-corrected chi connectivity index (χ4v) is 4.61. The quantitative estimate of drug-likeness (QED) is 0.558. The summed E-state index contributed by atoms with van der Waals surface area (Å²) in [6.07, 6.45) is 0.535. The number of fused-ring (bicyclic) bond motifs is 6. The van der Waals surface area contributed by atoms with E-state index < -0.39 is 12.1 Å². The molecule has 0 aliphatic carbocycles. The molecule has 0 spiro atoms. The highest BCUT2D eigenvalue weighted by Gasteiger charge is 2.26. The molecule has 0 radical (unpaired) electrons. The average molecular weight is 418 g/mol. The topological polar surface area (TPSA) is 38.3 Å². The Morgan fingerprint density at radius 1 is 1.06 bits per heavy atom. The molecule has 3 aromatic carbocycles. The second kappa shape index (κ2) is 8.64. The maximum absolute atomic E-state index is 15.2. The molecular weight excluding hydrogens is 389 g/mol. The molecule has 4 heteroatoms. The van der Waals surface area contributed by atoms with Crippen LogP contribution in [0.4, 0.5) is 4.39 Å². The third-order valence-electron chi connectivity index (χ3n) is 6.15. The van der Waals surface area contributed by atoms with Gasteiger partial charge in [0.05, 0.1) is 6.04 Å². The Morgan fingerprint density at radius 2 is 1.84 bits per heavy atom. The highest BCUT2D eigenvalue weighted by atomic mass is 19.1. The van der Waals surface area contributed by atoms with Crippen molar-refractivity contribution >= 4 is 5.91 Å². The van der Waals surface area contributed by atoms with E-state index in [2.05, 4.69) is 36.5 Å². The maximum Gasteiger partial charge on any atom is 0.254 e. The number of aryl methyl sites for hydroxylation is 2. The summed E-state index contributed by atoms with van der Waals surface area (Å²) in [5.41, 5.74) is 7.42. The molecule has 1 aliphatic rings. The van der Waals surface area contributed by atoms with Gasteiger partial charge in [-0.15, -0.1) is 0 Å². The van der Waals surface area contributed by atoms with E-state index in [0.29, 0.717) is 24.0 Å². The van der Waals surface area contributed by atoms with Crippen LogP contribution in [0.25, 0.3) is 11.1 Å². The largest absolute Gasteiger partial charge is 0.367 e. The minimum Gasteiger partial charge on any atom is -0.367 e. The molecule has 0 saturated carbocycles. The molecule has 3 nitrogen and oxygen atoms in total. The van der Waals surface area contributed by atoms with Crippen molar-refractivity contribution in [2.24, 2.45) is 0 Å². The lowest BCUT2D eigenvalue weighted by atomic mass is 9.88. The van der Waals surface area contributed by atoms with E-state index >= 15 is 4.39 Å². The van der Waals surface area contributed by atoms with Crippen molar-refractivity contribution in [1.29, 1.82) is 0 Å². The fraction of sp³-hybridized carbons (Fsp3) is 0.296. The van der Waals surface area contributed by atoms with E-state index in [9.17, 15) is 4.79 Å². The van der Waals surface area contributed by atoms with Gasteiger partial charge in [0.1, 0.15) is 5.82 Å². The number of rotatable bonds is 2.